The number of nitro benzene ring substituents is 2. The second-order valence-corrected chi connectivity index (χ2v) is 8.56. The molecule has 2 aromatic rings. The van der Waals surface area contributed by atoms with E-state index in [-0.39, 0.29) is 17.3 Å². The van der Waals surface area contributed by atoms with Crippen molar-refractivity contribution in [2.24, 2.45) is 0 Å². The largest absolute Gasteiger partial charge is 0.481 e. The molecule has 0 amide bonds. The number of carboxylic acids is 1. The molecular weight excluding hydrogens is 638 g/mol. The zero-order chi connectivity index (χ0) is 23.9. The van der Waals surface area contributed by atoms with Crippen molar-refractivity contribution in [3.8, 4) is 0 Å². The zero-order valence-electron chi connectivity index (χ0n) is 16.6. The maximum atomic E-state index is 11.3. The van der Waals surface area contributed by atoms with Gasteiger partial charge in [-0.2, -0.15) is 0 Å². The Hall–Kier alpha value is -2.36. The maximum absolute atomic E-state index is 11.3. The Labute approximate surface area is 204 Å². The first-order chi connectivity index (χ1) is 14.4. The van der Waals surface area contributed by atoms with Crippen molar-refractivity contribution in [2.45, 2.75) is 25.7 Å². The summed E-state index contributed by atoms with van der Waals surface area (Å²) in [6.45, 7) is 3.25. The van der Waals surface area contributed by atoms with E-state index >= 15 is 0 Å². The molecule has 2 aromatic carbocycles. The van der Waals surface area contributed by atoms with Gasteiger partial charge in [0.25, 0.3) is 11.4 Å². The number of ether oxygens (including phenoxy) is 1. The summed E-state index contributed by atoms with van der Waals surface area (Å²) < 4.78 is 5.90. The van der Waals surface area contributed by atoms with Crippen LogP contribution >= 0.6 is 45.2 Å². The number of benzene rings is 2. The van der Waals surface area contributed by atoms with Crippen LogP contribution in [0.2, 0.25) is 0 Å². The van der Waals surface area contributed by atoms with E-state index in [9.17, 15) is 29.8 Å². The molecule has 1 N–H and O–H groups in total. The van der Waals surface area contributed by atoms with Crippen LogP contribution in [0, 0.1) is 27.4 Å². The van der Waals surface area contributed by atoms with Gasteiger partial charge in [0, 0.05) is 31.4 Å². The number of non-ortho nitro benzene ring substituents is 2. The quantitative estimate of drug-likeness (QED) is 0.201. The molecule has 0 spiro atoms. The average molecular weight is 656 g/mol. The van der Waals surface area contributed by atoms with Gasteiger partial charge in [-0.05, 0) is 70.2 Å². The standard InChI is InChI=1S/C10H10INO4.C9H8INO4/c1-6(10(13)16-2)8-4-3-7(12(14)15)5-9(8)11;1-5(9(12)13)7-3-2-6(11(14)15)4-8(7)10/h3-6H,1-2H3;2-5H,1H3,(H,12,13). The Morgan fingerprint density at radius 1 is 0.903 bits per heavy atom. The molecule has 166 valence electrons. The van der Waals surface area contributed by atoms with Crippen molar-refractivity contribution in [3.05, 3.63) is 74.9 Å². The van der Waals surface area contributed by atoms with E-state index in [1.165, 1.54) is 37.4 Å². The van der Waals surface area contributed by atoms with Crippen LogP contribution in [0.25, 0.3) is 0 Å². The van der Waals surface area contributed by atoms with Gasteiger partial charge in [-0.1, -0.05) is 12.1 Å². The highest BCUT2D eigenvalue weighted by Crippen LogP contribution is 2.27. The number of esters is 1. The summed E-state index contributed by atoms with van der Waals surface area (Å²) in [6, 6.07) is 8.58. The number of carboxylic acid groups (broad SMARTS) is 1. The Balaban J connectivity index is 0.000000311. The zero-order valence-corrected chi connectivity index (χ0v) is 20.9. The van der Waals surface area contributed by atoms with Gasteiger partial charge in [0.2, 0.25) is 0 Å². The number of hydrogen-bond donors (Lipinski definition) is 1. The molecule has 2 rings (SSSR count). The van der Waals surface area contributed by atoms with Gasteiger partial charge in [-0.25, -0.2) is 0 Å². The highest BCUT2D eigenvalue weighted by atomic mass is 127. The number of rotatable bonds is 6. The van der Waals surface area contributed by atoms with Crippen LogP contribution in [-0.4, -0.2) is 34.0 Å². The van der Waals surface area contributed by atoms with Gasteiger partial charge in [-0.15, -0.1) is 0 Å². The number of hydrogen-bond acceptors (Lipinski definition) is 7. The lowest BCUT2D eigenvalue weighted by Gasteiger charge is -2.10. The summed E-state index contributed by atoms with van der Waals surface area (Å²) in [7, 11) is 1.32. The molecule has 0 aromatic heterocycles. The molecule has 0 saturated heterocycles. The second kappa shape index (κ2) is 11.9. The van der Waals surface area contributed by atoms with Crippen molar-refractivity contribution < 1.29 is 29.3 Å². The predicted octanol–water partition coefficient (Wildman–Crippen LogP) is 4.86. The topological polar surface area (TPSA) is 150 Å². The third-order valence-corrected chi connectivity index (χ3v) is 6.12. The summed E-state index contributed by atoms with van der Waals surface area (Å²) in [4.78, 5) is 42.1. The summed E-state index contributed by atoms with van der Waals surface area (Å²) in [5.74, 6) is -2.37. The third kappa shape index (κ3) is 7.37. The Morgan fingerprint density at radius 2 is 1.29 bits per heavy atom. The SMILES string of the molecule is CC(C(=O)O)c1ccc([N+](=O)[O-])cc1I.COC(=O)C(C)c1ccc([N+](=O)[O-])cc1I. The van der Waals surface area contributed by atoms with E-state index in [1.54, 1.807) is 19.9 Å². The van der Waals surface area contributed by atoms with Crippen LogP contribution in [0.4, 0.5) is 11.4 Å². The molecule has 2 unspecified atom stereocenters. The molecule has 0 heterocycles. The van der Waals surface area contributed by atoms with Gasteiger partial charge >= 0.3 is 11.9 Å². The summed E-state index contributed by atoms with van der Waals surface area (Å²) in [5.41, 5.74) is 1.32. The number of methoxy groups -OCH3 is 1. The molecule has 0 aliphatic carbocycles. The van der Waals surface area contributed by atoms with Gasteiger partial charge in [0.05, 0.1) is 28.8 Å². The molecule has 0 fully saturated rings. The molecule has 0 aliphatic rings. The van der Waals surface area contributed by atoms with Crippen LogP contribution in [0.3, 0.4) is 0 Å². The van der Waals surface area contributed by atoms with E-state index in [0.29, 0.717) is 12.7 Å². The number of carbonyl (C=O) groups is 2. The molecule has 10 nitrogen and oxygen atoms in total. The minimum atomic E-state index is -0.943. The summed E-state index contributed by atoms with van der Waals surface area (Å²) in [5, 5.41) is 29.8. The minimum Gasteiger partial charge on any atom is -0.481 e. The van der Waals surface area contributed by atoms with Gasteiger partial charge < -0.3 is 9.84 Å². The monoisotopic (exact) mass is 656 g/mol. The second-order valence-electron chi connectivity index (χ2n) is 6.23. The van der Waals surface area contributed by atoms with Gasteiger partial charge in [0.15, 0.2) is 0 Å². The van der Waals surface area contributed by atoms with Crippen molar-refractivity contribution >= 4 is 68.5 Å². The first-order valence-electron chi connectivity index (χ1n) is 8.59. The van der Waals surface area contributed by atoms with Crippen LogP contribution in [-0.2, 0) is 14.3 Å². The van der Waals surface area contributed by atoms with Crippen molar-refractivity contribution in [2.75, 3.05) is 7.11 Å². The first kappa shape index (κ1) is 26.7. The molecule has 0 aliphatic heterocycles. The summed E-state index contributed by atoms with van der Waals surface area (Å²) >= 11 is 3.87. The number of halogens is 2. The third-order valence-electron chi connectivity index (χ3n) is 4.25. The minimum absolute atomic E-state index is 0.0187. The molecule has 12 heteroatoms. The van der Waals surface area contributed by atoms with Crippen LogP contribution < -0.4 is 0 Å². The fourth-order valence-electron chi connectivity index (χ4n) is 2.40. The highest BCUT2D eigenvalue weighted by Gasteiger charge is 2.20. The molecule has 31 heavy (non-hydrogen) atoms. The smallest absolute Gasteiger partial charge is 0.312 e. The van der Waals surface area contributed by atoms with Crippen molar-refractivity contribution in [1.82, 2.24) is 0 Å². The fourth-order valence-corrected chi connectivity index (χ4v) is 4.33. The number of carbonyl (C=O) groups excluding carboxylic acids is 1. The summed E-state index contributed by atoms with van der Waals surface area (Å²) in [6.07, 6.45) is 0. The number of nitro groups is 2. The lowest BCUT2D eigenvalue weighted by atomic mass is 10.0. The molecule has 0 saturated carbocycles. The maximum Gasteiger partial charge on any atom is 0.312 e. The van der Waals surface area contributed by atoms with E-state index in [1.807, 2.05) is 45.2 Å². The lowest BCUT2D eigenvalue weighted by Crippen LogP contribution is -2.12. The number of aliphatic carboxylic acids is 1. The fraction of sp³-hybridized carbons (Fsp3) is 0.263. The van der Waals surface area contributed by atoms with Crippen LogP contribution in [0.1, 0.15) is 36.8 Å². The predicted molar refractivity (Wildman–Crippen MR) is 128 cm³/mol. The Bertz CT molecular complexity index is 1010. The highest BCUT2D eigenvalue weighted by molar-refractivity contribution is 14.1. The Kier molecular flexibility index (Phi) is 10.2. The molecule has 0 radical (unpaired) electrons. The normalized spacial score (nSPS) is 12.0. The molecule has 0 bridgehead atoms. The van der Waals surface area contributed by atoms with E-state index < -0.39 is 27.7 Å². The van der Waals surface area contributed by atoms with Crippen molar-refractivity contribution in [3.63, 3.8) is 0 Å². The Morgan fingerprint density at radius 3 is 1.58 bits per heavy atom. The first-order valence-corrected chi connectivity index (χ1v) is 10.7. The average Bonchev–Trinajstić information content (AvgIpc) is 2.72. The lowest BCUT2D eigenvalue weighted by molar-refractivity contribution is -0.385. The van der Waals surface area contributed by atoms with Crippen molar-refractivity contribution in [1.29, 1.82) is 0 Å². The number of nitrogens with zero attached hydrogens (tertiary/aromatic N) is 2. The molecular formula is C19H18I2N2O8. The van der Waals surface area contributed by atoms with Gasteiger partial charge in [-0.3, -0.25) is 29.8 Å². The van der Waals surface area contributed by atoms with E-state index in [4.69, 9.17) is 5.11 Å². The van der Waals surface area contributed by atoms with E-state index in [2.05, 4.69) is 4.74 Å². The van der Waals surface area contributed by atoms with E-state index in [0.717, 1.165) is 5.56 Å². The van der Waals surface area contributed by atoms with Crippen LogP contribution in [0.5, 0.6) is 0 Å². The van der Waals surface area contributed by atoms with Crippen LogP contribution in [0.15, 0.2) is 36.4 Å². The molecule has 2 atom stereocenters. The van der Waals surface area contributed by atoms with Gasteiger partial charge in [0.1, 0.15) is 0 Å².